The summed E-state index contributed by atoms with van der Waals surface area (Å²) in [5.74, 6) is 3.02. The van der Waals surface area contributed by atoms with Gasteiger partial charge in [0.1, 0.15) is 96.2 Å². The molecule has 128 heavy (non-hydrogen) atoms. The minimum atomic E-state index is -2.40. The third-order valence-electron chi connectivity index (χ3n) is 20.0. The Labute approximate surface area is 770 Å². The Bertz CT molecular complexity index is 6840. The van der Waals surface area contributed by atoms with Crippen molar-refractivity contribution in [2.75, 3.05) is 13.8 Å². The van der Waals surface area contributed by atoms with Crippen LogP contribution in [0.5, 0.6) is 11.5 Å². The number of carbonyl (C=O) groups is 3. The van der Waals surface area contributed by atoms with Crippen LogP contribution in [0, 0.1) is 85.7 Å². The summed E-state index contributed by atoms with van der Waals surface area (Å²) in [5.41, 5.74) is 3.42. The lowest BCUT2D eigenvalue weighted by Crippen LogP contribution is -3.00. The molecule has 0 spiro atoms. The Kier molecular flexibility index (Phi) is 35.6. The number of fused-ring (bicyclic) bond motifs is 4. The van der Waals surface area contributed by atoms with Gasteiger partial charge in [0.05, 0.1) is 48.8 Å². The number of ketones is 1. The van der Waals surface area contributed by atoms with Gasteiger partial charge in [0, 0.05) is 48.0 Å². The van der Waals surface area contributed by atoms with Gasteiger partial charge in [-0.1, -0.05) is 221 Å². The monoisotopic (exact) mass is 2000 g/mol. The van der Waals surface area contributed by atoms with Gasteiger partial charge in [-0.05, 0) is 179 Å². The first-order valence-corrected chi connectivity index (χ1v) is 44.7. The van der Waals surface area contributed by atoms with E-state index in [1.54, 1.807) is 84.0 Å². The molecule has 16 rings (SSSR count). The Balaban J connectivity index is 0.000000188. The minimum Gasteiger partial charge on any atom is -1.00 e. The average molecular weight is 2000 g/mol. The number of halogens is 3. The highest BCUT2D eigenvalue weighted by molar-refractivity contribution is 9.24. The van der Waals surface area contributed by atoms with E-state index in [-0.39, 0.29) is 119 Å². The number of hydrogen-bond acceptors (Lipinski definition) is 20. The normalized spacial score (nSPS) is 10.6. The lowest BCUT2D eigenvalue weighted by molar-refractivity contribution is -0.383. The fourth-order valence-corrected chi connectivity index (χ4v) is 21.4. The predicted molar refractivity (Wildman–Crippen MR) is 515 cm³/mol. The van der Waals surface area contributed by atoms with Crippen LogP contribution in [-0.2, 0) is 4.74 Å². The summed E-state index contributed by atoms with van der Waals surface area (Å²) in [7, 11) is -0.245. The molecule has 4 heterocycles. The number of nitro benzene ring substituents is 3. The van der Waals surface area contributed by atoms with Crippen LogP contribution < -0.4 is 77.5 Å². The quantitative estimate of drug-likeness (QED) is 0.0149. The number of methoxy groups -OCH3 is 1. The van der Waals surface area contributed by atoms with Crippen molar-refractivity contribution in [1.29, 1.82) is 0 Å². The number of aromatic hydroxyl groups is 2. The number of phenols is 2. The fraction of sp³-hybridized carbons (Fsp3) is 0.120. The summed E-state index contributed by atoms with van der Waals surface area (Å²) in [4.78, 5) is 113. The third-order valence-corrected chi connectivity index (χ3v) is 28.9. The maximum Gasteiger partial charge on any atom is 0.341 e. The molecule has 0 unspecified atom stereocenters. The fourth-order valence-electron chi connectivity index (χ4n) is 13.7. The van der Waals surface area contributed by atoms with Crippen molar-refractivity contribution in [3.63, 3.8) is 0 Å². The van der Waals surface area contributed by atoms with Crippen molar-refractivity contribution >= 4 is 163 Å². The van der Waals surface area contributed by atoms with Crippen molar-refractivity contribution < 1.29 is 85.7 Å². The number of hydrogen-bond donors (Lipinski definition) is 2. The molecule has 0 atom stereocenters. The molecule has 0 aliphatic heterocycles. The highest BCUT2D eigenvalue weighted by Gasteiger charge is 2.40. The van der Waals surface area contributed by atoms with Crippen molar-refractivity contribution in [3.8, 4) is 11.5 Å². The van der Waals surface area contributed by atoms with E-state index in [1.807, 2.05) is 85.5 Å². The zero-order chi connectivity index (χ0) is 91.3. The molecule has 0 radical (unpaired) electrons. The summed E-state index contributed by atoms with van der Waals surface area (Å²) in [6.07, 6.45) is 0.494. The second-order valence-corrected chi connectivity index (χ2v) is 38.4. The number of Topliss-reactive ketones (excluding diaryl/α,β-unsaturated/α-hetero) is 1. The number of nitrogens with zero attached hydrogens (tertiary/aromatic N) is 3. The van der Waals surface area contributed by atoms with Crippen molar-refractivity contribution in [1.82, 2.24) is 0 Å². The molecule has 0 saturated carbocycles. The number of benzene rings is 12. The number of alkyl halides is 2. The summed E-state index contributed by atoms with van der Waals surface area (Å²) in [5, 5.41) is 60.6. The molecule has 16 aromatic rings. The van der Waals surface area contributed by atoms with Crippen LogP contribution in [0.4, 0.5) is 17.1 Å². The molecule has 0 bridgehead atoms. The highest BCUT2D eigenvalue weighted by Crippen LogP contribution is 2.51. The Morgan fingerprint density at radius 3 is 1.15 bits per heavy atom. The van der Waals surface area contributed by atoms with Gasteiger partial charge in [0.25, 0.3) is 17.1 Å². The largest absolute Gasteiger partial charge is 1.00 e. The van der Waals surface area contributed by atoms with E-state index in [4.69, 9.17) is 17.7 Å². The molecule has 0 saturated heterocycles. The van der Waals surface area contributed by atoms with Crippen LogP contribution in [0.2, 0.25) is 0 Å². The van der Waals surface area contributed by atoms with Gasteiger partial charge >= 0.3 is 5.97 Å². The lowest BCUT2D eigenvalue weighted by atomic mass is 10.1. The zero-order valence-electron chi connectivity index (χ0n) is 70.1. The number of rotatable bonds is 14. The molecule has 4 aromatic heterocycles. The molecule has 654 valence electrons. The minimum absolute atomic E-state index is 0. The Morgan fingerprint density at radius 2 is 0.742 bits per heavy atom. The maximum absolute atomic E-state index is 13.6. The predicted octanol–water partition coefficient (Wildman–Crippen LogP) is 17.8. The molecular formula is C100H88Br2IN3O20P2. The van der Waals surface area contributed by atoms with E-state index in [0.29, 0.717) is 73.7 Å². The summed E-state index contributed by atoms with van der Waals surface area (Å²) >= 11 is 6.60. The van der Waals surface area contributed by atoms with E-state index in [2.05, 4.69) is 171 Å². The molecule has 12 aromatic carbocycles. The van der Waals surface area contributed by atoms with Crippen molar-refractivity contribution in [2.24, 2.45) is 0 Å². The lowest BCUT2D eigenvalue weighted by Gasteiger charge is -2.28. The third kappa shape index (κ3) is 23.4. The van der Waals surface area contributed by atoms with E-state index < -0.39 is 45.7 Å². The van der Waals surface area contributed by atoms with Crippen LogP contribution in [0.1, 0.15) is 93.1 Å². The summed E-state index contributed by atoms with van der Waals surface area (Å²) in [6, 6.07) is 92.4. The summed E-state index contributed by atoms with van der Waals surface area (Å²) < 4.78 is 25.7. The first-order valence-electron chi connectivity index (χ1n) is 38.8. The molecule has 2 N–H and O–H groups in total. The second-order valence-electron chi connectivity index (χ2n) is 28.6. The van der Waals surface area contributed by atoms with Gasteiger partial charge in [-0.25, -0.2) is 4.79 Å². The van der Waals surface area contributed by atoms with Gasteiger partial charge < -0.3 is 56.6 Å². The zero-order valence-corrected chi connectivity index (χ0v) is 77.3. The topological polar surface area (TPSA) is 351 Å². The van der Waals surface area contributed by atoms with Gasteiger partial charge in [-0.2, -0.15) is 0 Å². The average Bonchev–Trinajstić information content (AvgIpc) is 0.745. The van der Waals surface area contributed by atoms with Crippen LogP contribution in [0.25, 0.3) is 43.9 Å². The SMILES string of the molecule is C.COC(=O)c1cccc(C)c1O.C[P+](c1ccccc1)(c1ccccc1)c1ccccc1.Cc1cc(=O)c2c([N+](=O)[O-])ccc(C(Br)Br)c2o1.Cc1cc(=O)c2c([N+](=O)[O-])ccc(C)c2o1.Cc1cc(=O)c2c([N+](=O)[O-])ccc(C=O)c2o1.Cc1cc(=O)c2cccc(C)c2o1.Cc1cccc(C(=O)C=P(c2ccccc2)(c2ccccc2)c2ccccc2)c1O.[I-]. The Hall–Kier alpha value is -13.5. The smallest absolute Gasteiger partial charge is 0.341 e. The van der Waals surface area contributed by atoms with E-state index >= 15 is 0 Å². The van der Waals surface area contributed by atoms with Crippen LogP contribution in [-0.4, -0.2) is 62.6 Å². The number of carbonyl (C=O) groups excluding carboxylic acids is 3. The summed E-state index contributed by atoms with van der Waals surface area (Å²) in [6.45, 7) is 13.8. The maximum atomic E-state index is 13.6. The van der Waals surface area contributed by atoms with Gasteiger partial charge in [0.15, 0.2) is 39.4 Å². The number of aryl methyl sites for hydroxylation is 8. The highest BCUT2D eigenvalue weighted by atomic mass is 127. The Morgan fingerprint density at radius 1 is 0.414 bits per heavy atom. The van der Waals surface area contributed by atoms with Gasteiger partial charge in [0.2, 0.25) is 0 Å². The van der Waals surface area contributed by atoms with Crippen LogP contribution in [0.15, 0.2) is 334 Å². The number of non-ortho nitro benzene ring substituents is 3. The first-order chi connectivity index (χ1) is 60.2. The number of esters is 1. The van der Waals surface area contributed by atoms with Gasteiger partial charge in [-0.15, -0.1) is 0 Å². The molecule has 23 nitrogen and oxygen atoms in total. The van der Waals surface area contributed by atoms with Crippen LogP contribution >= 0.6 is 46.0 Å². The first kappa shape index (κ1) is 99.9. The standard InChI is InChI=1S/C27H23O2P.C19H18P.C11H7Br2NO4.C11H7NO5.C11H9NO4.C11H10O2.C9H10O3.CH4.HI/c1-21-12-11-19-25(27(21)29)26(28)20-30(22-13-5-2-6-14-22,23-15-7-3-8-16-23)24-17-9-4-10-18-24;1-20(17-11-5-2-6-12-17,18-13-7-3-8-14-18)19-15-9-4-10-16-19;1-5-4-8(15)9-7(14(16)17)3-2-6(11(12)13)10(9)18-5;1-6-4-9(14)10-8(12(15)16)3-2-7(5-13)11(10)17-6;1-6-3-4-8(12(14)15)10-9(13)5-7(2)16-11(6)10;1-7-4-3-5-9-10(12)6-8(2)13-11(7)9;1-6-4-3-5-7(8(6)10)9(11)12-2;;/h2-20,29H,1H3;2-16H,1H3;2-4,11H,1H3;2-5H,1H3;3-5H,1-2H3;3-6H,1-2H3;3-5,10H,1-2H3;1H4;1H/q;+1;;;;;;;/p-1. The number of para-hydroxylation sites is 3. The van der Waals surface area contributed by atoms with Crippen molar-refractivity contribution in [3.05, 3.63) is 436 Å². The van der Waals surface area contributed by atoms with Gasteiger partial charge in [-0.3, -0.25) is 59.1 Å². The van der Waals surface area contributed by atoms with Crippen LogP contribution in [0.3, 0.4) is 0 Å². The number of phenolic OH excluding ortho intramolecular Hbond substituents is 2. The number of aldehydes is 1. The van der Waals surface area contributed by atoms with E-state index in [0.717, 1.165) is 33.6 Å². The second kappa shape index (κ2) is 45.6. The van der Waals surface area contributed by atoms with E-state index in [1.165, 1.54) is 72.4 Å². The molecule has 0 amide bonds. The molecular weight excluding hydrogens is 1910 g/mol. The molecule has 0 aliphatic rings. The number of nitro groups is 3. The molecule has 28 heteroatoms. The van der Waals surface area contributed by atoms with E-state index in [9.17, 15) is 74.1 Å². The molecule has 0 fully saturated rings. The van der Waals surface area contributed by atoms with Crippen molar-refractivity contribution in [2.45, 2.75) is 66.6 Å². The molecule has 0 aliphatic carbocycles. The number of ether oxygens (including phenoxy) is 1.